The van der Waals surface area contributed by atoms with Crippen molar-refractivity contribution in [3.05, 3.63) is 23.3 Å². The fourth-order valence-corrected chi connectivity index (χ4v) is 6.75. The van der Waals surface area contributed by atoms with E-state index in [4.69, 9.17) is 10.5 Å². The summed E-state index contributed by atoms with van der Waals surface area (Å²) in [5.41, 5.74) is 2.09. The molecule has 5 N–H and O–H groups in total. The van der Waals surface area contributed by atoms with Gasteiger partial charge in [-0.05, 0) is 49.7 Å². The van der Waals surface area contributed by atoms with Crippen molar-refractivity contribution in [2.75, 3.05) is 6.61 Å². The molecular formula is C26H39NO6. The summed E-state index contributed by atoms with van der Waals surface area (Å²) in [6.07, 6.45) is 6.63. The molecule has 0 bridgehead atoms. The third kappa shape index (κ3) is 3.54. The van der Waals surface area contributed by atoms with Crippen LogP contribution in [-0.2, 0) is 14.3 Å². The number of carbonyl (C=O) groups excluding carboxylic acids is 2. The summed E-state index contributed by atoms with van der Waals surface area (Å²) < 4.78 is 6.13. The van der Waals surface area contributed by atoms with Gasteiger partial charge >= 0.3 is 5.97 Å². The van der Waals surface area contributed by atoms with E-state index in [1.165, 1.54) is 0 Å². The Morgan fingerprint density at radius 1 is 1.21 bits per heavy atom. The Kier molecular flexibility index (Phi) is 5.76. The molecule has 7 heteroatoms. The minimum absolute atomic E-state index is 0.0365. The van der Waals surface area contributed by atoms with Crippen molar-refractivity contribution in [2.24, 2.45) is 34.8 Å². The molecule has 0 aliphatic heterocycles. The summed E-state index contributed by atoms with van der Waals surface area (Å²) in [7, 11) is 0. The third-order valence-corrected chi connectivity index (χ3v) is 9.32. The molecule has 0 amide bonds. The molecule has 4 aliphatic carbocycles. The molecule has 2 saturated carbocycles. The van der Waals surface area contributed by atoms with Gasteiger partial charge in [0, 0.05) is 23.7 Å². The number of nitrogens with two attached hydrogens (primary N) is 1. The summed E-state index contributed by atoms with van der Waals surface area (Å²) in [4.78, 5) is 25.9. The first-order valence-corrected chi connectivity index (χ1v) is 12.2. The maximum Gasteiger partial charge on any atom is 0.323 e. The molecule has 7 atom stereocenters. The van der Waals surface area contributed by atoms with E-state index >= 15 is 0 Å². The zero-order valence-corrected chi connectivity index (χ0v) is 20.4. The Hall–Kier alpha value is -1.54. The van der Waals surface area contributed by atoms with E-state index in [1.807, 2.05) is 27.7 Å². The predicted molar refractivity (Wildman–Crippen MR) is 123 cm³/mol. The number of Topliss-reactive ketones (excluding diaryl/α,β-unsaturated/α-hetero) is 1. The van der Waals surface area contributed by atoms with Gasteiger partial charge in [0.05, 0.1) is 12.2 Å². The van der Waals surface area contributed by atoms with Crippen molar-refractivity contribution in [1.82, 2.24) is 0 Å². The second-order valence-corrected chi connectivity index (χ2v) is 11.9. The number of hydrogen-bond donors (Lipinski definition) is 4. The second-order valence-electron chi connectivity index (χ2n) is 11.9. The molecule has 2 fully saturated rings. The minimum Gasteiger partial charge on any atom is -0.458 e. The van der Waals surface area contributed by atoms with Crippen LogP contribution < -0.4 is 5.73 Å². The van der Waals surface area contributed by atoms with Crippen molar-refractivity contribution >= 4 is 11.8 Å². The maximum absolute atomic E-state index is 13.0. The largest absolute Gasteiger partial charge is 0.458 e. The van der Waals surface area contributed by atoms with Crippen LogP contribution in [0, 0.1) is 29.1 Å². The molecule has 0 aromatic rings. The molecule has 0 saturated heterocycles. The zero-order chi connectivity index (χ0) is 24.6. The van der Waals surface area contributed by atoms with E-state index < -0.39 is 57.8 Å². The van der Waals surface area contributed by atoms with Gasteiger partial charge in [0.25, 0.3) is 0 Å². The Morgan fingerprint density at radius 3 is 2.42 bits per heavy atom. The Balaban J connectivity index is 1.75. The van der Waals surface area contributed by atoms with Crippen LogP contribution in [0.5, 0.6) is 0 Å². The van der Waals surface area contributed by atoms with Crippen molar-refractivity contribution < 1.29 is 29.6 Å². The maximum atomic E-state index is 13.0. The molecule has 0 aromatic carbocycles. The van der Waals surface area contributed by atoms with Crippen LogP contribution in [0.25, 0.3) is 0 Å². The van der Waals surface area contributed by atoms with Gasteiger partial charge in [0.15, 0.2) is 5.78 Å². The van der Waals surface area contributed by atoms with Gasteiger partial charge in [-0.15, -0.1) is 0 Å². The van der Waals surface area contributed by atoms with Gasteiger partial charge in [-0.25, -0.2) is 0 Å². The van der Waals surface area contributed by atoms with Crippen molar-refractivity contribution in [3.8, 4) is 0 Å². The highest BCUT2D eigenvalue weighted by Crippen LogP contribution is 2.63. The predicted octanol–water partition coefficient (Wildman–Crippen LogP) is 2.03. The fraction of sp³-hybridized carbons (Fsp3) is 0.769. The number of ketones is 1. The van der Waals surface area contributed by atoms with Crippen LogP contribution in [0.2, 0.25) is 0 Å². The van der Waals surface area contributed by atoms with Gasteiger partial charge < -0.3 is 25.8 Å². The van der Waals surface area contributed by atoms with Crippen LogP contribution in [-0.4, -0.2) is 56.5 Å². The van der Waals surface area contributed by atoms with Crippen LogP contribution >= 0.6 is 0 Å². The van der Waals surface area contributed by atoms with E-state index in [-0.39, 0.29) is 13.0 Å². The molecule has 184 valence electrons. The van der Waals surface area contributed by atoms with E-state index in [0.29, 0.717) is 29.9 Å². The summed E-state index contributed by atoms with van der Waals surface area (Å²) in [6.45, 7) is 8.97. The SMILES string of the molecule is CC1=C[C@H]2[C@@]3(O)[C@H](C)C[C@@](C)(OC(=O)[C@@H](N)CC4CC4)C(C)(C)[C@@H]3C=C(CO)C[C@]2(O)C1=O. The summed E-state index contributed by atoms with van der Waals surface area (Å²) in [6, 6.07) is -0.679. The lowest BCUT2D eigenvalue weighted by molar-refractivity contribution is -0.246. The van der Waals surface area contributed by atoms with E-state index in [0.717, 1.165) is 12.8 Å². The fourth-order valence-electron chi connectivity index (χ4n) is 6.75. The van der Waals surface area contributed by atoms with Gasteiger partial charge in [-0.1, -0.05) is 45.8 Å². The van der Waals surface area contributed by atoms with Crippen molar-refractivity contribution in [2.45, 2.75) is 89.6 Å². The second kappa shape index (κ2) is 7.74. The van der Waals surface area contributed by atoms with Crippen LogP contribution in [0.15, 0.2) is 23.3 Å². The smallest absolute Gasteiger partial charge is 0.323 e. The van der Waals surface area contributed by atoms with Crippen LogP contribution in [0.3, 0.4) is 0 Å². The average molecular weight is 462 g/mol. The first-order chi connectivity index (χ1) is 15.2. The number of rotatable bonds is 5. The van der Waals surface area contributed by atoms with E-state index in [9.17, 15) is 24.9 Å². The number of fused-ring (bicyclic) bond motifs is 3. The highest BCUT2D eigenvalue weighted by Gasteiger charge is 2.69. The Bertz CT molecular complexity index is 920. The topological polar surface area (TPSA) is 130 Å². The third-order valence-electron chi connectivity index (χ3n) is 9.32. The molecule has 4 aliphatic rings. The lowest BCUT2D eigenvalue weighted by atomic mass is 9.48. The van der Waals surface area contributed by atoms with Gasteiger partial charge in [-0.2, -0.15) is 0 Å². The summed E-state index contributed by atoms with van der Waals surface area (Å²) in [5.74, 6) is -2.16. The number of aliphatic hydroxyl groups is 3. The molecule has 0 aromatic heterocycles. The summed E-state index contributed by atoms with van der Waals surface area (Å²) >= 11 is 0. The Labute approximate surface area is 196 Å². The molecule has 0 radical (unpaired) electrons. The van der Waals surface area contributed by atoms with Crippen LogP contribution in [0.4, 0.5) is 0 Å². The highest BCUT2D eigenvalue weighted by atomic mass is 16.6. The first kappa shape index (κ1) is 24.6. The van der Waals surface area contributed by atoms with Gasteiger partial charge in [0.2, 0.25) is 0 Å². The molecule has 0 heterocycles. The number of aliphatic hydroxyl groups excluding tert-OH is 1. The van der Waals surface area contributed by atoms with Crippen molar-refractivity contribution in [1.29, 1.82) is 0 Å². The lowest BCUT2D eigenvalue weighted by Gasteiger charge is -2.61. The molecular weight excluding hydrogens is 422 g/mol. The van der Waals surface area contributed by atoms with Gasteiger partial charge in [0.1, 0.15) is 17.2 Å². The molecule has 4 rings (SSSR count). The molecule has 7 nitrogen and oxygen atoms in total. The van der Waals surface area contributed by atoms with Crippen LogP contribution in [0.1, 0.15) is 66.7 Å². The normalized spacial score (nSPS) is 43.1. The highest BCUT2D eigenvalue weighted by molar-refractivity contribution is 6.04. The zero-order valence-electron chi connectivity index (χ0n) is 20.4. The quantitative estimate of drug-likeness (QED) is 0.364. The number of esters is 1. The molecule has 0 spiro atoms. The number of ether oxygens (including phenoxy) is 1. The van der Waals surface area contributed by atoms with Crippen molar-refractivity contribution in [3.63, 3.8) is 0 Å². The summed E-state index contributed by atoms with van der Waals surface area (Å²) in [5, 5.41) is 33.9. The van der Waals surface area contributed by atoms with E-state index in [2.05, 4.69) is 0 Å². The Morgan fingerprint density at radius 2 is 1.85 bits per heavy atom. The first-order valence-electron chi connectivity index (χ1n) is 12.2. The average Bonchev–Trinajstić information content (AvgIpc) is 3.52. The minimum atomic E-state index is -1.80. The lowest BCUT2D eigenvalue weighted by Crippen LogP contribution is -2.69. The number of carbonyl (C=O) groups is 2. The standard InChI is InChI=1S/C26H39NO6/c1-14-8-20-25(31,21(14)29)12-17(13-28)10-19-23(3,4)24(5,11-15(2)26(19,20)32)33-22(30)18(27)9-16-6-7-16/h8,10,15-16,18-20,28,31-32H,6-7,9,11-13,27H2,1-5H3/t15-,18+,19+,20-,24-,25-,26-/m1/s1. The molecule has 0 unspecified atom stereocenters. The van der Waals surface area contributed by atoms with E-state index in [1.54, 1.807) is 19.1 Å². The molecule has 33 heavy (non-hydrogen) atoms. The monoisotopic (exact) mass is 461 g/mol. The van der Waals surface area contributed by atoms with Gasteiger partial charge in [-0.3, -0.25) is 9.59 Å². The number of hydrogen-bond acceptors (Lipinski definition) is 7.